The van der Waals surface area contributed by atoms with E-state index in [1.54, 1.807) is 0 Å². The molecule has 0 saturated heterocycles. The number of aliphatic carboxylic acids is 2. The molecule has 0 aliphatic carbocycles. The molecule has 0 amide bonds. The van der Waals surface area contributed by atoms with Crippen molar-refractivity contribution in [3.63, 3.8) is 0 Å². The Morgan fingerprint density at radius 1 is 1.25 bits per heavy atom. The van der Waals surface area contributed by atoms with Gasteiger partial charge in [0.05, 0.1) is 12.5 Å². The van der Waals surface area contributed by atoms with E-state index in [0.29, 0.717) is 0 Å². The van der Waals surface area contributed by atoms with E-state index in [9.17, 15) is 9.59 Å². The fourth-order valence-electron chi connectivity index (χ4n) is 0.594. The molecule has 0 aromatic rings. The van der Waals surface area contributed by atoms with Crippen LogP contribution in [0, 0.1) is 0 Å². The van der Waals surface area contributed by atoms with Crippen LogP contribution >= 0.6 is 0 Å². The summed E-state index contributed by atoms with van der Waals surface area (Å²) >= 11 is 0. The van der Waals surface area contributed by atoms with Gasteiger partial charge < -0.3 is 18.2 Å². The number of aliphatic hydroxyl groups is 1. The molecule has 0 heterocycles. The molecule has 5 nitrogen and oxygen atoms in total. The van der Waals surface area contributed by atoms with Gasteiger partial charge in [0.1, 0.15) is 0 Å². The number of carboxylic acid groups (broad SMARTS) is 2. The third-order valence-corrected chi connectivity index (χ3v) is 1.10. The summed E-state index contributed by atoms with van der Waals surface area (Å²) in [5, 5.41) is 25.1. The summed E-state index contributed by atoms with van der Waals surface area (Å²) in [6, 6.07) is 0. The van der Waals surface area contributed by atoms with Crippen molar-refractivity contribution in [1.29, 1.82) is 0 Å². The van der Waals surface area contributed by atoms with Crippen LogP contribution in [0.1, 0.15) is 22.1 Å². The van der Waals surface area contributed by atoms with Gasteiger partial charge in [-0.05, 0) is 6.42 Å². The van der Waals surface area contributed by atoms with Crippen molar-refractivity contribution in [2.45, 2.75) is 25.4 Å². The van der Waals surface area contributed by atoms with E-state index in [0.717, 1.165) is 0 Å². The predicted octanol–water partition coefficient (Wildman–Crippen LogP) is -0.469. The third-order valence-electron chi connectivity index (χ3n) is 1.10. The first-order valence-electron chi connectivity index (χ1n) is 3.14. The number of carbonyl (C=O) groups is 2. The van der Waals surface area contributed by atoms with Crippen LogP contribution in [0.2, 0.25) is 0 Å². The summed E-state index contributed by atoms with van der Waals surface area (Å²) in [6.45, 7) is 0. The van der Waals surface area contributed by atoms with Gasteiger partial charge in [0, 0.05) is 6.42 Å². The molecule has 1 atom stereocenters. The Kier molecular flexibility index (Phi) is 9.52. The molecular weight excluding hydrogens is 192 g/mol. The average molecular weight is 204 g/mol. The van der Waals surface area contributed by atoms with Crippen molar-refractivity contribution < 1.29 is 27.8 Å². The van der Waals surface area contributed by atoms with Crippen LogP contribution in [0.15, 0.2) is 0 Å². The molecule has 0 bridgehead atoms. The average Bonchev–Trinajstić information content (AvgIpc) is 1.82. The molecule has 0 aromatic heterocycles. The molecular formula is C6H12CaO5. The fraction of sp³-hybridized carbons (Fsp3) is 0.667. The zero-order valence-corrected chi connectivity index (χ0v) is 8.77. The fourth-order valence-corrected chi connectivity index (χ4v) is 0.594. The number of aliphatic hydroxyl groups excluding tert-OH is 1. The van der Waals surface area contributed by atoms with Crippen LogP contribution in [0.4, 0.5) is 0 Å². The molecule has 3 N–H and O–H groups in total. The maximum absolute atomic E-state index is 9.95. The van der Waals surface area contributed by atoms with E-state index in [1.165, 1.54) is 0 Å². The van der Waals surface area contributed by atoms with Crippen LogP contribution < -0.4 is 0 Å². The van der Waals surface area contributed by atoms with Crippen LogP contribution in [0.3, 0.4) is 0 Å². The van der Waals surface area contributed by atoms with Gasteiger partial charge in [-0.2, -0.15) is 0 Å². The minimum atomic E-state index is -1.12. The first-order chi connectivity index (χ1) is 5.02. The van der Waals surface area contributed by atoms with Crippen molar-refractivity contribution in [2.75, 3.05) is 0 Å². The molecule has 12 heavy (non-hydrogen) atoms. The van der Waals surface area contributed by atoms with Crippen LogP contribution in [0.5, 0.6) is 0 Å². The first-order valence-corrected chi connectivity index (χ1v) is 3.14. The van der Waals surface area contributed by atoms with E-state index >= 15 is 0 Å². The Balaban J connectivity index is -0.000000167. The van der Waals surface area contributed by atoms with Crippen LogP contribution in [-0.2, 0) is 9.59 Å². The SMILES string of the molecule is O=C(O)CCC(O)CC(=O)O.[Ca+2].[H-].[H-]. The Hall–Kier alpha value is 0.160. The number of rotatable bonds is 5. The van der Waals surface area contributed by atoms with Crippen molar-refractivity contribution in [3.05, 3.63) is 0 Å². The Morgan fingerprint density at radius 2 is 1.75 bits per heavy atom. The van der Waals surface area contributed by atoms with Crippen molar-refractivity contribution in [1.82, 2.24) is 0 Å². The van der Waals surface area contributed by atoms with Gasteiger partial charge >= 0.3 is 49.7 Å². The zero-order chi connectivity index (χ0) is 8.85. The summed E-state index contributed by atoms with van der Waals surface area (Å²) in [4.78, 5) is 19.9. The molecule has 0 saturated carbocycles. The summed E-state index contributed by atoms with van der Waals surface area (Å²) in [5.74, 6) is -2.16. The minimum absolute atomic E-state index is 0. The molecule has 0 radical (unpaired) electrons. The van der Waals surface area contributed by atoms with E-state index in [1.807, 2.05) is 0 Å². The van der Waals surface area contributed by atoms with Gasteiger partial charge in [-0.25, -0.2) is 0 Å². The second kappa shape index (κ2) is 7.79. The van der Waals surface area contributed by atoms with E-state index < -0.39 is 24.5 Å². The summed E-state index contributed by atoms with van der Waals surface area (Å²) < 4.78 is 0. The minimum Gasteiger partial charge on any atom is -1.00 e. The van der Waals surface area contributed by atoms with Crippen molar-refractivity contribution in [2.24, 2.45) is 0 Å². The summed E-state index contributed by atoms with van der Waals surface area (Å²) in [5.41, 5.74) is 0. The molecule has 0 aliphatic heterocycles. The molecule has 0 rings (SSSR count). The van der Waals surface area contributed by atoms with Gasteiger partial charge in [0.15, 0.2) is 0 Å². The first kappa shape index (κ1) is 14.7. The van der Waals surface area contributed by atoms with Gasteiger partial charge in [-0.15, -0.1) is 0 Å². The monoisotopic (exact) mass is 204 g/mol. The molecule has 68 valence electrons. The summed E-state index contributed by atoms with van der Waals surface area (Å²) in [7, 11) is 0. The smallest absolute Gasteiger partial charge is 1.00 e. The van der Waals surface area contributed by atoms with E-state index in [2.05, 4.69) is 0 Å². The predicted molar refractivity (Wildman–Crippen MR) is 43.1 cm³/mol. The normalized spacial score (nSPS) is 11.4. The summed E-state index contributed by atoms with van der Waals surface area (Å²) in [6.07, 6.45) is -1.66. The maximum atomic E-state index is 9.95. The third kappa shape index (κ3) is 10.2. The number of hydrogen-bond donors (Lipinski definition) is 3. The van der Waals surface area contributed by atoms with Gasteiger partial charge in [0.25, 0.3) is 0 Å². The molecule has 0 spiro atoms. The number of hydrogen-bond acceptors (Lipinski definition) is 3. The quantitative estimate of drug-likeness (QED) is 0.526. The van der Waals surface area contributed by atoms with E-state index in [4.69, 9.17) is 15.3 Å². The van der Waals surface area contributed by atoms with E-state index in [-0.39, 0.29) is 53.4 Å². The molecule has 0 aromatic carbocycles. The maximum Gasteiger partial charge on any atom is 2.00 e. The van der Waals surface area contributed by atoms with Crippen molar-refractivity contribution in [3.8, 4) is 0 Å². The Bertz CT molecular complexity index is 166. The molecule has 0 fully saturated rings. The van der Waals surface area contributed by atoms with Crippen LogP contribution in [0.25, 0.3) is 0 Å². The second-order valence-electron chi connectivity index (χ2n) is 2.18. The topological polar surface area (TPSA) is 94.8 Å². The number of carboxylic acids is 2. The zero-order valence-electron chi connectivity index (χ0n) is 8.56. The molecule has 0 aliphatic rings. The van der Waals surface area contributed by atoms with Gasteiger partial charge in [-0.3, -0.25) is 9.59 Å². The van der Waals surface area contributed by atoms with Crippen molar-refractivity contribution >= 4 is 49.7 Å². The Labute approximate surface area is 102 Å². The van der Waals surface area contributed by atoms with Gasteiger partial charge in [-0.1, -0.05) is 0 Å². The standard InChI is InChI=1S/C6H10O5.Ca.2H/c7-4(3-6(10)11)1-2-5(8)9;;;/h4,7H,1-3H2,(H,8,9)(H,10,11);;;/q;+2;2*-1. The second-order valence-corrected chi connectivity index (χ2v) is 2.18. The van der Waals surface area contributed by atoms with Crippen LogP contribution in [-0.4, -0.2) is 71.1 Å². The van der Waals surface area contributed by atoms with Gasteiger partial charge in [0.2, 0.25) is 0 Å². The Morgan fingerprint density at radius 3 is 2.08 bits per heavy atom. The molecule has 6 heteroatoms. The molecule has 1 unspecified atom stereocenters. The largest absolute Gasteiger partial charge is 2.00 e.